The lowest BCUT2D eigenvalue weighted by Gasteiger charge is -2.24. The Bertz CT molecular complexity index is 7650. The van der Waals surface area contributed by atoms with Crippen LogP contribution in [0.3, 0.4) is 0 Å². The van der Waals surface area contributed by atoms with Gasteiger partial charge in [-0.15, -0.1) is 0 Å². The summed E-state index contributed by atoms with van der Waals surface area (Å²) in [4.78, 5) is 27.4. The van der Waals surface area contributed by atoms with Gasteiger partial charge in [0.15, 0.2) is 0 Å². The van der Waals surface area contributed by atoms with Crippen molar-refractivity contribution in [3.63, 3.8) is 0 Å². The van der Waals surface area contributed by atoms with Crippen molar-refractivity contribution < 1.29 is 0 Å². The van der Waals surface area contributed by atoms with Crippen LogP contribution in [0.1, 0.15) is 0 Å². The Balaban J connectivity index is 0.658. The monoisotopic (exact) mass is 1380 g/mol. The molecule has 0 atom stereocenters. The summed E-state index contributed by atoms with van der Waals surface area (Å²) in [6.07, 6.45) is 0. The van der Waals surface area contributed by atoms with Crippen molar-refractivity contribution in [3.05, 3.63) is 328 Å². The van der Waals surface area contributed by atoms with Gasteiger partial charge in [-0.2, -0.15) is 0 Å². The Morgan fingerprint density at radius 1 is 0.217 bits per heavy atom. The summed E-state index contributed by atoms with van der Waals surface area (Å²) in [5.41, 5.74) is 23.9. The maximum Gasteiger partial charge on any atom is 0.235 e. The number of aromatic nitrogens is 8. The second kappa shape index (κ2) is 22.1. The van der Waals surface area contributed by atoms with Crippen LogP contribution in [-0.2, 0) is 0 Å². The van der Waals surface area contributed by atoms with Gasteiger partial charge in [-0.25, -0.2) is 19.9 Å². The summed E-state index contributed by atoms with van der Waals surface area (Å²) in [6.45, 7) is 0. The lowest BCUT2D eigenvalue weighted by atomic mass is 9.95. The van der Waals surface area contributed by atoms with Crippen molar-refractivity contribution in [2.24, 2.45) is 0 Å². The Morgan fingerprint density at radius 3 is 1.30 bits per heavy atom. The molecule has 6 aromatic heterocycles. The quantitative estimate of drug-likeness (QED) is 0.158. The third-order valence-corrected chi connectivity index (χ3v) is 24.7. The highest BCUT2D eigenvalue weighted by Crippen LogP contribution is 2.55. The van der Waals surface area contributed by atoms with Crippen LogP contribution in [0, 0.1) is 0 Å². The van der Waals surface area contributed by atoms with Crippen molar-refractivity contribution in [2.45, 2.75) is 19.6 Å². The van der Waals surface area contributed by atoms with E-state index >= 15 is 0 Å². The molecule has 106 heavy (non-hydrogen) atoms. The molecule has 0 radical (unpaired) electrons. The van der Waals surface area contributed by atoms with E-state index in [2.05, 4.69) is 346 Å². The molecule has 0 N–H and O–H groups in total. The van der Waals surface area contributed by atoms with Crippen LogP contribution in [0.4, 0.5) is 0 Å². The summed E-state index contributed by atoms with van der Waals surface area (Å²) >= 11 is 3.60. The lowest BCUT2D eigenvalue weighted by Crippen LogP contribution is -2.07. The standard InChI is InChI=1S/C96H54N8S2/c1-3-21-58(22-4-1)101-79-37-12-9-27-67(79)75-51-55(43-49-83(75)101)61-31-18-34-70-64(61)46-48-72-66-26-8-15-40-82(66)104(93(70)72)96-98-78-53-57(54-87-89(78)90(99-96)73-29-11-16-41-85(73)105-87)62-32-19-35-74-91-88-77(36-20-42-86(88)106-94(62)74)97-95(100-91)103-81-39-14-10-28-68(81)76-52-56(44-50-84(76)103)60-30-17-33-69-63(60)45-47-71-65-25-7-13-38-80(65)102(92(69)71)59-23-5-2-6-24-59/h1-54H. The highest BCUT2D eigenvalue weighted by Gasteiger charge is 2.31. The number of para-hydroxylation sites is 6. The van der Waals surface area contributed by atoms with Gasteiger partial charge in [0.2, 0.25) is 11.9 Å². The molecule has 2 aliphatic heterocycles. The maximum atomic E-state index is 5.80. The molecule has 8 nitrogen and oxygen atoms in total. The van der Waals surface area contributed by atoms with E-state index in [4.69, 9.17) is 19.9 Å². The Kier molecular flexibility index (Phi) is 12.1. The molecule has 490 valence electrons. The fraction of sp³-hybridized carbons (Fsp3) is 0. The molecule has 10 heteroatoms. The zero-order valence-corrected chi connectivity index (χ0v) is 58.2. The molecule has 0 unspecified atom stereocenters. The molecule has 0 fully saturated rings. The van der Waals surface area contributed by atoms with Crippen LogP contribution in [-0.4, -0.2) is 38.2 Å². The van der Waals surface area contributed by atoms with Gasteiger partial charge in [0, 0.05) is 107 Å². The molecule has 24 rings (SSSR count). The largest absolute Gasteiger partial charge is 0.309 e. The Morgan fingerprint density at radius 2 is 0.642 bits per heavy atom. The van der Waals surface area contributed by atoms with E-state index in [9.17, 15) is 0 Å². The van der Waals surface area contributed by atoms with E-state index < -0.39 is 0 Å². The van der Waals surface area contributed by atoms with Gasteiger partial charge in [0.25, 0.3) is 0 Å². The Labute approximate surface area is 614 Å². The molecule has 0 saturated carbocycles. The number of rotatable bonds is 7. The first-order chi connectivity index (χ1) is 52.6. The second-order valence-electron chi connectivity index (χ2n) is 27.9. The first-order valence-electron chi connectivity index (χ1n) is 35.9. The molecular formula is C96H54N8S2. The lowest BCUT2D eigenvalue weighted by molar-refractivity contribution is 1.01. The zero-order chi connectivity index (χ0) is 69.0. The molecule has 2 aliphatic rings. The van der Waals surface area contributed by atoms with Crippen LogP contribution in [0.15, 0.2) is 347 Å². The number of hydrogen-bond donors (Lipinski definition) is 0. The van der Waals surface area contributed by atoms with Crippen LogP contribution in [0.2, 0.25) is 0 Å². The molecule has 16 aromatic carbocycles. The number of benzene rings is 16. The van der Waals surface area contributed by atoms with Crippen molar-refractivity contribution in [1.82, 2.24) is 38.2 Å². The van der Waals surface area contributed by atoms with Crippen molar-refractivity contribution >= 4 is 154 Å². The van der Waals surface area contributed by atoms with E-state index in [-0.39, 0.29) is 0 Å². The number of fused-ring (bicyclic) bond motifs is 20. The van der Waals surface area contributed by atoms with E-state index in [0.29, 0.717) is 11.9 Å². The molecule has 8 heterocycles. The first-order valence-corrected chi connectivity index (χ1v) is 37.6. The van der Waals surface area contributed by atoms with Gasteiger partial charge in [-0.1, -0.05) is 248 Å². The summed E-state index contributed by atoms with van der Waals surface area (Å²) < 4.78 is 9.42. The average molecular weight is 1380 g/mol. The smallest absolute Gasteiger partial charge is 0.235 e. The van der Waals surface area contributed by atoms with E-state index in [0.717, 1.165) is 152 Å². The van der Waals surface area contributed by atoms with Gasteiger partial charge >= 0.3 is 0 Å². The van der Waals surface area contributed by atoms with E-state index in [1.54, 1.807) is 23.5 Å². The topological polar surface area (TPSA) is 71.3 Å². The minimum absolute atomic E-state index is 0.626. The van der Waals surface area contributed by atoms with Gasteiger partial charge < -0.3 is 9.13 Å². The molecule has 22 aromatic rings. The number of nitrogens with zero attached hydrogens (tertiary/aromatic N) is 8. The predicted octanol–water partition coefficient (Wildman–Crippen LogP) is 25.5. The second-order valence-corrected chi connectivity index (χ2v) is 30.1. The minimum atomic E-state index is 0.626. The third-order valence-electron chi connectivity index (χ3n) is 22.4. The van der Waals surface area contributed by atoms with Crippen LogP contribution in [0.25, 0.3) is 210 Å². The molecular weight excluding hydrogens is 1330 g/mol. The van der Waals surface area contributed by atoms with Crippen molar-refractivity contribution in [1.29, 1.82) is 0 Å². The summed E-state index contributed by atoms with van der Waals surface area (Å²) in [5, 5.41) is 16.3. The zero-order valence-electron chi connectivity index (χ0n) is 56.6. The van der Waals surface area contributed by atoms with Gasteiger partial charge in [-0.3, -0.25) is 9.13 Å². The predicted molar refractivity (Wildman–Crippen MR) is 440 cm³/mol. The van der Waals surface area contributed by atoms with Crippen LogP contribution >= 0.6 is 23.5 Å². The average Bonchev–Trinajstić information content (AvgIpc) is 1.49. The minimum Gasteiger partial charge on any atom is -0.309 e. The third kappa shape index (κ3) is 8.22. The summed E-state index contributed by atoms with van der Waals surface area (Å²) in [7, 11) is 0. The highest BCUT2D eigenvalue weighted by atomic mass is 32.2. The SMILES string of the molecule is c1ccc(-n2c3ccccc3c3cc(-c4cccc5c4ccc4c6ccccc6n(-c6nc7c8c(cc(-c9cccc%10c9Sc9cccc%11nc(-n%12c%13ccccc%13c%13cc(-c%14cccc%15c%14ccc%14c%16ccccc%16n(-c%16ccccc%16)c%15%14)ccc%13%12)nc-%10c9%11)cc8n6)Sc6ccccc6-7)c54)ccc32)cc1. The van der Waals surface area contributed by atoms with E-state index in [1.165, 1.54) is 65.5 Å². The van der Waals surface area contributed by atoms with Crippen molar-refractivity contribution in [2.75, 3.05) is 0 Å². The van der Waals surface area contributed by atoms with E-state index in [1.807, 2.05) is 0 Å². The summed E-state index contributed by atoms with van der Waals surface area (Å²) in [5.74, 6) is 1.25. The Hall–Kier alpha value is -13.4. The van der Waals surface area contributed by atoms with Gasteiger partial charge in [-0.05, 0) is 147 Å². The molecule has 0 aliphatic carbocycles. The fourth-order valence-corrected chi connectivity index (χ4v) is 20.2. The highest BCUT2D eigenvalue weighted by molar-refractivity contribution is 8.00. The first kappa shape index (κ1) is 58.2. The van der Waals surface area contributed by atoms with Gasteiger partial charge in [0.1, 0.15) is 0 Å². The van der Waals surface area contributed by atoms with Crippen molar-refractivity contribution in [3.8, 4) is 79.2 Å². The maximum absolute atomic E-state index is 5.80. The molecule has 0 bridgehead atoms. The van der Waals surface area contributed by atoms with Crippen LogP contribution in [0.5, 0.6) is 0 Å². The normalized spacial score (nSPS) is 12.6. The fourth-order valence-electron chi connectivity index (χ4n) is 17.8. The molecule has 0 spiro atoms. The summed E-state index contributed by atoms with van der Waals surface area (Å²) in [6, 6.07) is 120. The number of hydrogen-bond acceptors (Lipinski definition) is 6. The molecule has 0 saturated heterocycles. The van der Waals surface area contributed by atoms with Gasteiger partial charge in [0.05, 0.1) is 66.6 Å². The van der Waals surface area contributed by atoms with Crippen LogP contribution < -0.4 is 0 Å². The molecule has 0 amide bonds.